The number of aryl methyl sites for hydroxylation is 1. The average Bonchev–Trinajstić information content (AvgIpc) is 2.91. The van der Waals surface area contributed by atoms with E-state index >= 15 is 0 Å². The smallest absolute Gasteiger partial charge is 0.177 e. The topological polar surface area (TPSA) is 52.0 Å². The van der Waals surface area contributed by atoms with E-state index in [-0.39, 0.29) is 0 Å². The second-order valence-electron chi connectivity index (χ2n) is 6.77. The van der Waals surface area contributed by atoms with E-state index in [1.165, 1.54) is 18.1 Å². The lowest BCUT2D eigenvalue weighted by Crippen LogP contribution is -2.13. The molecule has 0 fully saturated rings. The van der Waals surface area contributed by atoms with E-state index in [2.05, 4.69) is 16.5 Å². The quantitative estimate of drug-likeness (QED) is 0.604. The monoisotopic (exact) mass is 406 g/mol. The van der Waals surface area contributed by atoms with Crippen molar-refractivity contribution in [2.24, 2.45) is 0 Å². The Morgan fingerprint density at radius 1 is 1.23 bits per heavy atom. The molecular weight excluding hydrogens is 388 g/mol. The highest BCUT2D eigenvalue weighted by Crippen LogP contribution is 2.46. The number of aromatic nitrogens is 2. The maximum absolute atomic E-state index is 12.4. The summed E-state index contributed by atoms with van der Waals surface area (Å²) in [6.07, 6.45) is 6.70. The summed E-state index contributed by atoms with van der Waals surface area (Å²) in [7, 11) is -3.38. The minimum absolute atomic E-state index is 0.306. The maximum Gasteiger partial charge on any atom is 0.177 e. The van der Waals surface area contributed by atoms with Gasteiger partial charge in [0, 0.05) is 44.9 Å². The van der Waals surface area contributed by atoms with Crippen molar-refractivity contribution in [3.8, 4) is 0 Å². The summed E-state index contributed by atoms with van der Waals surface area (Å²) in [4.78, 5) is 6.59. The number of hydrogen-bond acceptors (Lipinski definition) is 4. The molecule has 0 bridgehead atoms. The summed E-state index contributed by atoms with van der Waals surface area (Å²) >= 11 is 7.62. The largest absolute Gasteiger partial charge is 0.342 e. The molecule has 7 heteroatoms. The first-order valence-electron chi connectivity index (χ1n) is 8.50. The summed E-state index contributed by atoms with van der Waals surface area (Å²) in [5.74, 6) is 0.373. The molecule has 1 aromatic carbocycles. The molecule has 4 nitrogen and oxygen atoms in total. The zero-order chi connectivity index (χ0) is 18.5. The standard InChI is InChI=1S/C19H19ClN2O2S2/c1-12-4-3-9-22-15-10-21-11-16(26(2,23)24)17(15)19(18(12)22)25-14-7-5-13(20)6-8-14/h5-8,10-12H,3-4,9H2,1-2H3. The molecule has 1 atom stereocenters. The Labute approximate surface area is 162 Å². The van der Waals surface area contributed by atoms with Gasteiger partial charge in [-0.05, 0) is 43.0 Å². The van der Waals surface area contributed by atoms with E-state index in [0.717, 1.165) is 40.1 Å². The predicted molar refractivity (Wildman–Crippen MR) is 106 cm³/mol. The normalized spacial score (nSPS) is 17.4. The van der Waals surface area contributed by atoms with E-state index in [1.54, 1.807) is 18.0 Å². The molecule has 0 radical (unpaired) electrons. The van der Waals surface area contributed by atoms with Crippen LogP contribution in [-0.2, 0) is 16.4 Å². The first-order valence-corrected chi connectivity index (χ1v) is 11.6. The third kappa shape index (κ3) is 3.04. The van der Waals surface area contributed by atoms with Gasteiger partial charge >= 0.3 is 0 Å². The molecule has 2 aromatic heterocycles. The molecule has 1 unspecified atom stereocenters. The van der Waals surface area contributed by atoms with Gasteiger partial charge in [-0.25, -0.2) is 8.42 Å². The highest BCUT2D eigenvalue weighted by atomic mass is 35.5. The van der Waals surface area contributed by atoms with Crippen molar-refractivity contribution in [3.63, 3.8) is 0 Å². The van der Waals surface area contributed by atoms with Crippen molar-refractivity contribution in [2.45, 2.75) is 46.9 Å². The summed E-state index contributed by atoms with van der Waals surface area (Å²) in [6.45, 7) is 3.11. The SMILES string of the molecule is CC1CCCn2c1c(Sc1ccc(Cl)cc1)c1c(S(C)(=O)=O)cncc12. The molecule has 3 heterocycles. The fourth-order valence-corrected chi connectivity index (χ4v) is 5.93. The van der Waals surface area contributed by atoms with Crippen molar-refractivity contribution < 1.29 is 8.42 Å². The maximum atomic E-state index is 12.4. The highest BCUT2D eigenvalue weighted by molar-refractivity contribution is 7.99. The van der Waals surface area contributed by atoms with Crippen LogP contribution in [0, 0.1) is 0 Å². The molecule has 1 aliphatic rings. The Balaban J connectivity index is 2.02. The van der Waals surface area contributed by atoms with Gasteiger partial charge < -0.3 is 4.57 Å². The fraction of sp³-hybridized carbons (Fsp3) is 0.316. The Bertz CT molecular complexity index is 1090. The Kier molecular flexibility index (Phi) is 4.53. The van der Waals surface area contributed by atoms with Gasteiger partial charge in [0.25, 0.3) is 0 Å². The number of sulfone groups is 1. The Hall–Kier alpha value is -1.50. The molecule has 3 aromatic rings. The van der Waals surface area contributed by atoms with Crippen LogP contribution in [0.4, 0.5) is 0 Å². The number of rotatable bonds is 3. The Morgan fingerprint density at radius 2 is 1.96 bits per heavy atom. The lowest BCUT2D eigenvalue weighted by Gasteiger charge is -2.23. The van der Waals surface area contributed by atoms with Crippen LogP contribution in [-0.4, -0.2) is 24.2 Å². The lowest BCUT2D eigenvalue weighted by atomic mass is 9.98. The van der Waals surface area contributed by atoms with Crippen molar-refractivity contribution in [3.05, 3.63) is 47.4 Å². The summed E-state index contributed by atoms with van der Waals surface area (Å²) in [5.41, 5.74) is 2.12. The van der Waals surface area contributed by atoms with Gasteiger partial charge in [0.15, 0.2) is 9.84 Å². The van der Waals surface area contributed by atoms with Gasteiger partial charge in [0.1, 0.15) is 0 Å². The summed E-state index contributed by atoms with van der Waals surface area (Å²) in [6, 6.07) is 7.66. The zero-order valence-corrected chi connectivity index (χ0v) is 17.0. The molecule has 0 N–H and O–H groups in total. The summed E-state index contributed by atoms with van der Waals surface area (Å²) < 4.78 is 27.1. The van der Waals surface area contributed by atoms with Gasteiger partial charge in [-0.2, -0.15) is 0 Å². The van der Waals surface area contributed by atoms with Crippen LogP contribution in [0.3, 0.4) is 0 Å². The van der Waals surface area contributed by atoms with E-state index in [4.69, 9.17) is 11.6 Å². The van der Waals surface area contributed by atoms with Crippen LogP contribution < -0.4 is 0 Å². The first kappa shape index (κ1) is 17.9. The van der Waals surface area contributed by atoms with Gasteiger partial charge in [-0.3, -0.25) is 4.98 Å². The number of benzene rings is 1. The van der Waals surface area contributed by atoms with Crippen LogP contribution in [0.1, 0.15) is 31.4 Å². The average molecular weight is 407 g/mol. The van der Waals surface area contributed by atoms with E-state index in [9.17, 15) is 8.42 Å². The molecule has 0 spiro atoms. The summed E-state index contributed by atoms with van der Waals surface area (Å²) in [5, 5.41) is 1.48. The lowest BCUT2D eigenvalue weighted by molar-refractivity contribution is 0.477. The molecule has 0 amide bonds. The number of hydrogen-bond donors (Lipinski definition) is 0. The van der Waals surface area contributed by atoms with Crippen molar-refractivity contribution >= 4 is 44.1 Å². The molecular formula is C19H19ClN2O2S2. The molecule has 1 aliphatic heterocycles. The molecule has 26 heavy (non-hydrogen) atoms. The van der Waals surface area contributed by atoms with Crippen molar-refractivity contribution in [1.29, 1.82) is 0 Å². The highest BCUT2D eigenvalue weighted by Gasteiger charge is 2.29. The molecule has 0 saturated heterocycles. The molecule has 0 aliphatic carbocycles. The number of halogens is 1. The molecule has 4 rings (SSSR count). The van der Waals surface area contributed by atoms with Crippen LogP contribution >= 0.6 is 23.4 Å². The number of nitrogens with zero attached hydrogens (tertiary/aromatic N) is 2. The first-order chi connectivity index (χ1) is 12.4. The third-order valence-corrected chi connectivity index (χ3v) is 7.34. The fourth-order valence-electron chi connectivity index (χ4n) is 3.67. The van der Waals surface area contributed by atoms with Crippen LogP contribution in [0.5, 0.6) is 0 Å². The molecule has 136 valence electrons. The predicted octanol–water partition coefficient (Wildman–Crippen LogP) is 5.14. The van der Waals surface area contributed by atoms with Crippen LogP contribution in [0.25, 0.3) is 10.9 Å². The minimum Gasteiger partial charge on any atom is -0.342 e. The van der Waals surface area contributed by atoms with E-state index in [0.29, 0.717) is 15.8 Å². The third-order valence-electron chi connectivity index (χ3n) is 4.85. The number of pyridine rings is 1. The van der Waals surface area contributed by atoms with Crippen molar-refractivity contribution in [1.82, 2.24) is 9.55 Å². The van der Waals surface area contributed by atoms with Gasteiger partial charge in [0.2, 0.25) is 0 Å². The molecule has 0 saturated carbocycles. The minimum atomic E-state index is -3.38. The van der Waals surface area contributed by atoms with Gasteiger partial charge in [-0.1, -0.05) is 30.3 Å². The van der Waals surface area contributed by atoms with Crippen LogP contribution in [0.2, 0.25) is 5.02 Å². The van der Waals surface area contributed by atoms with E-state index in [1.807, 2.05) is 24.3 Å². The van der Waals surface area contributed by atoms with E-state index < -0.39 is 9.84 Å². The zero-order valence-electron chi connectivity index (χ0n) is 14.6. The van der Waals surface area contributed by atoms with Crippen LogP contribution in [0.15, 0.2) is 51.3 Å². The second kappa shape index (κ2) is 6.59. The Morgan fingerprint density at radius 3 is 2.65 bits per heavy atom. The number of fused-ring (bicyclic) bond motifs is 3. The second-order valence-corrected chi connectivity index (χ2v) is 10.3. The van der Waals surface area contributed by atoms with Gasteiger partial charge in [0.05, 0.1) is 16.6 Å². The van der Waals surface area contributed by atoms with Gasteiger partial charge in [-0.15, -0.1) is 0 Å². The van der Waals surface area contributed by atoms with Crippen molar-refractivity contribution in [2.75, 3.05) is 6.26 Å².